The van der Waals surface area contributed by atoms with Crippen molar-refractivity contribution in [2.24, 2.45) is 7.05 Å². The van der Waals surface area contributed by atoms with Gasteiger partial charge in [-0.1, -0.05) is 6.92 Å². The molecule has 0 unspecified atom stereocenters. The lowest BCUT2D eigenvalue weighted by atomic mass is 10.1. The van der Waals surface area contributed by atoms with Gasteiger partial charge in [-0.25, -0.2) is 9.18 Å². The van der Waals surface area contributed by atoms with E-state index in [2.05, 4.69) is 0 Å². The normalized spacial score (nSPS) is 10.9. The van der Waals surface area contributed by atoms with Crippen LogP contribution in [0.3, 0.4) is 0 Å². The van der Waals surface area contributed by atoms with Crippen LogP contribution in [0.15, 0.2) is 18.2 Å². The van der Waals surface area contributed by atoms with Crippen LogP contribution in [0.2, 0.25) is 0 Å². The Bertz CT molecular complexity index is 572. The summed E-state index contributed by atoms with van der Waals surface area (Å²) in [5, 5.41) is 9.63. The molecule has 0 aliphatic rings. The number of fused-ring (bicyclic) bond motifs is 1. The van der Waals surface area contributed by atoms with Gasteiger partial charge in [0.1, 0.15) is 5.82 Å². The van der Waals surface area contributed by atoms with Crippen LogP contribution in [0.5, 0.6) is 0 Å². The highest BCUT2D eigenvalue weighted by atomic mass is 19.1. The molecule has 0 atom stereocenters. The molecule has 0 saturated carbocycles. The second-order valence-electron chi connectivity index (χ2n) is 3.70. The first-order valence-electron chi connectivity index (χ1n) is 5.06. The molecule has 0 fully saturated rings. The average Bonchev–Trinajstić information content (AvgIpc) is 2.50. The van der Waals surface area contributed by atoms with Crippen LogP contribution in [0.1, 0.15) is 23.0 Å². The molecule has 84 valence electrons. The SMILES string of the molecule is CCc1c(C(=O)O)c2cc(F)ccc2n1C. The third-order valence-corrected chi connectivity index (χ3v) is 2.83. The summed E-state index contributed by atoms with van der Waals surface area (Å²) in [6.07, 6.45) is 0.606. The van der Waals surface area contributed by atoms with Gasteiger partial charge in [0.05, 0.1) is 5.56 Å². The van der Waals surface area contributed by atoms with Gasteiger partial charge in [0.2, 0.25) is 0 Å². The van der Waals surface area contributed by atoms with E-state index in [0.29, 0.717) is 17.5 Å². The smallest absolute Gasteiger partial charge is 0.338 e. The fourth-order valence-corrected chi connectivity index (χ4v) is 2.12. The van der Waals surface area contributed by atoms with Gasteiger partial charge in [0.25, 0.3) is 0 Å². The number of hydrogen-bond acceptors (Lipinski definition) is 1. The van der Waals surface area contributed by atoms with Gasteiger partial charge in [-0.15, -0.1) is 0 Å². The first-order valence-corrected chi connectivity index (χ1v) is 5.06. The Kier molecular flexibility index (Phi) is 2.42. The van der Waals surface area contributed by atoms with E-state index in [1.54, 1.807) is 17.7 Å². The summed E-state index contributed by atoms with van der Waals surface area (Å²) in [5.41, 5.74) is 1.67. The summed E-state index contributed by atoms with van der Waals surface area (Å²) in [5.74, 6) is -1.42. The highest BCUT2D eigenvalue weighted by molar-refractivity contribution is 6.05. The number of aromatic nitrogens is 1. The van der Waals surface area contributed by atoms with Gasteiger partial charge < -0.3 is 9.67 Å². The Morgan fingerprint density at radius 1 is 1.50 bits per heavy atom. The zero-order valence-electron chi connectivity index (χ0n) is 9.12. The quantitative estimate of drug-likeness (QED) is 0.846. The van der Waals surface area contributed by atoms with Crippen LogP contribution in [0.4, 0.5) is 4.39 Å². The molecular formula is C12H12FNO2. The molecule has 0 bridgehead atoms. The number of nitrogens with zero attached hydrogens (tertiary/aromatic N) is 1. The maximum atomic E-state index is 13.1. The zero-order chi connectivity index (χ0) is 11.9. The van der Waals surface area contributed by atoms with Crippen molar-refractivity contribution in [3.63, 3.8) is 0 Å². The number of benzene rings is 1. The van der Waals surface area contributed by atoms with Gasteiger partial charge in [-0.2, -0.15) is 0 Å². The van der Waals surface area contributed by atoms with Crippen molar-refractivity contribution in [3.8, 4) is 0 Å². The fraction of sp³-hybridized carbons (Fsp3) is 0.250. The van der Waals surface area contributed by atoms with Crippen LogP contribution in [-0.2, 0) is 13.5 Å². The van der Waals surface area contributed by atoms with Crippen LogP contribution in [0, 0.1) is 5.82 Å². The molecule has 0 spiro atoms. The molecule has 16 heavy (non-hydrogen) atoms. The Morgan fingerprint density at radius 3 is 2.75 bits per heavy atom. The number of halogens is 1. The Hall–Kier alpha value is -1.84. The lowest BCUT2D eigenvalue weighted by Crippen LogP contribution is -2.02. The second-order valence-corrected chi connectivity index (χ2v) is 3.70. The summed E-state index contributed by atoms with van der Waals surface area (Å²) in [6, 6.07) is 4.22. The summed E-state index contributed by atoms with van der Waals surface area (Å²) in [7, 11) is 1.80. The number of carbonyl (C=O) groups is 1. The van der Waals surface area contributed by atoms with E-state index in [0.717, 1.165) is 5.52 Å². The van der Waals surface area contributed by atoms with Gasteiger partial charge in [0.15, 0.2) is 0 Å². The topological polar surface area (TPSA) is 42.2 Å². The van der Waals surface area contributed by atoms with E-state index in [1.165, 1.54) is 12.1 Å². The highest BCUT2D eigenvalue weighted by Gasteiger charge is 2.19. The minimum absolute atomic E-state index is 0.208. The molecule has 1 heterocycles. The third-order valence-electron chi connectivity index (χ3n) is 2.83. The highest BCUT2D eigenvalue weighted by Crippen LogP contribution is 2.26. The molecule has 4 heteroatoms. The van der Waals surface area contributed by atoms with E-state index in [4.69, 9.17) is 5.11 Å². The van der Waals surface area contributed by atoms with Crippen LogP contribution < -0.4 is 0 Å². The molecule has 1 aromatic carbocycles. The molecule has 0 amide bonds. The molecule has 0 aliphatic heterocycles. The maximum Gasteiger partial charge on any atom is 0.338 e. The predicted octanol–water partition coefficient (Wildman–Crippen LogP) is 2.58. The maximum absolute atomic E-state index is 13.1. The minimum atomic E-state index is -1.01. The van der Waals surface area contributed by atoms with Crippen LogP contribution in [-0.4, -0.2) is 15.6 Å². The molecule has 1 N–H and O–H groups in total. The lowest BCUT2D eigenvalue weighted by molar-refractivity contribution is 0.0697. The van der Waals surface area contributed by atoms with Crippen LogP contribution in [0.25, 0.3) is 10.9 Å². The summed E-state index contributed by atoms with van der Waals surface area (Å²) in [4.78, 5) is 11.2. The largest absolute Gasteiger partial charge is 0.478 e. The number of hydrogen-bond donors (Lipinski definition) is 1. The molecule has 0 saturated heterocycles. The van der Waals surface area contributed by atoms with Gasteiger partial charge >= 0.3 is 5.97 Å². The summed E-state index contributed by atoms with van der Waals surface area (Å²) < 4.78 is 14.9. The Morgan fingerprint density at radius 2 is 2.19 bits per heavy atom. The van der Waals surface area contributed by atoms with Gasteiger partial charge in [0, 0.05) is 23.6 Å². The molecule has 0 radical (unpaired) electrons. The molecule has 0 aliphatic carbocycles. The van der Waals surface area contributed by atoms with Crippen molar-refractivity contribution in [1.29, 1.82) is 0 Å². The van der Waals surface area contributed by atoms with Crippen molar-refractivity contribution >= 4 is 16.9 Å². The number of carboxylic acids is 1. The number of rotatable bonds is 2. The lowest BCUT2D eigenvalue weighted by Gasteiger charge is -2.01. The minimum Gasteiger partial charge on any atom is -0.478 e. The van der Waals surface area contributed by atoms with Gasteiger partial charge in [-0.05, 0) is 24.6 Å². The van der Waals surface area contributed by atoms with Crippen molar-refractivity contribution < 1.29 is 14.3 Å². The first kappa shape index (κ1) is 10.7. The van der Waals surface area contributed by atoms with Crippen LogP contribution >= 0.6 is 0 Å². The Balaban J connectivity index is 2.92. The van der Waals surface area contributed by atoms with Crippen molar-refractivity contribution in [3.05, 3.63) is 35.3 Å². The fourth-order valence-electron chi connectivity index (χ4n) is 2.12. The van der Waals surface area contributed by atoms with E-state index >= 15 is 0 Å². The second kappa shape index (κ2) is 3.63. The van der Waals surface area contributed by atoms with Crippen molar-refractivity contribution in [1.82, 2.24) is 4.57 Å². The molecule has 3 nitrogen and oxygen atoms in total. The third kappa shape index (κ3) is 1.38. The standard InChI is InChI=1S/C12H12FNO2/c1-3-9-11(12(15)16)8-6-7(13)4-5-10(8)14(9)2/h4-6H,3H2,1-2H3,(H,15,16). The number of aromatic carboxylic acids is 1. The van der Waals surface area contributed by atoms with E-state index in [1.807, 2.05) is 6.92 Å². The van der Waals surface area contributed by atoms with Gasteiger partial charge in [-0.3, -0.25) is 0 Å². The molecule has 2 aromatic rings. The molecule has 1 aromatic heterocycles. The van der Waals surface area contributed by atoms with E-state index in [9.17, 15) is 9.18 Å². The average molecular weight is 221 g/mol. The first-order chi connectivity index (χ1) is 7.56. The Labute approximate surface area is 92.1 Å². The van der Waals surface area contributed by atoms with Crippen molar-refractivity contribution in [2.75, 3.05) is 0 Å². The summed E-state index contributed by atoms with van der Waals surface area (Å²) in [6.45, 7) is 1.89. The molecular weight excluding hydrogens is 209 g/mol. The van der Waals surface area contributed by atoms with E-state index < -0.39 is 11.8 Å². The summed E-state index contributed by atoms with van der Waals surface area (Å²) >= 11 is 0. The number of aryl methyl sites for hydroxylation is 1. The monoisotopic (exact) mass is 221 g/mol. The zero-order valence-corrected chi connectivity index (χ0v) is 9.12. The van der Waals surface area contributed by atoms with Crippen molar-refractivity contribution in [2.45, 2.75) is 13.3 Å². The van der Waals surface area contributed by atoms with E-state index in [-0.39, 0.29) is 5.56 Å². The molecule has 2 rings (SSSR count). The predicted molar refractivity (Wildman–Crippen MR) is 59.2 cm³/mol. The number of carboxylic acid groups (broad SMARTS) is 1.